The van der Waals surface area contributed by atoms with Gasteiger partial charge in [0, 0.05) is 0 Å². The minimum Gasteiger partial charge on any atom is -0.401 e. The molecular formula is C21H25BrOSi. The van der Waals surface area contributed by atoms with Crippen LogP contribution >= 0.6 is 15.9 Å². The van der Waals surface area contributed by atoms with Crippen molar-refractivity contribution in [2.75, 3.05) is 0 Å². The van der Waals surface area contributed by atoms with E-state index in [0.717, 1.165) is 12.8 Å². The Bertz CT molecular complexity index is 664. The normalized spacial score (nSPS) is 18.5. The van der Waals surface area contributed by atoms with Crippen molar-refractivity contribution >= 4 is 34.6 Å². The van der Waals surface area contributed by atoms with Gasteiger partial charge in [-0.05, 0) is 38.8 Å². The van der Waals surface area contributed by atoms with Gasteiger partial charge in [0.25, 0.3) is 8.32 Å². The minimum atomic E-state index is -2.41. The highest BCUT2D eigenvalue weighted by molar-refractivity contribution is 9.11. The van der Waals surface area contributed by atoms with Gasteiger partial charge in [0.1, 0.15) is 0 Å². The van der Waals surface area contributed by atoms with E-state index in [2.05, 4.69) is 103 Å². The maximum Gasteiger partial charge on any atom is 0.261 e. The van der Waals surface area contributed by atoms with Gasteiger partial charge >= 0.3 is 0 Å². The van der Waals surface area contributed by atoms with Crippen molar-refractivity contribution in [3.8, 4) is 0 Å². The van der Waals surface area contributed by atoms with Crippen molar-refractivity contribution in [3.63, 3.8) is 0 Å². The first-order chi connectivity index (χ1) is 11.4. The van der Waals surface area contributed by atoms with Crippen molar-refractivity contribution < 1.29 is 4.43 Å². The van der Waals surface area contributed by atoms with Crippen LogP contribution in [0.4, 0.5) is 0 Å². The summed E-state index contributed by atoms with van der Waals surface area (Å²) in [5.74, 6) is 0. The SMILES string of the molecule is CC(C)(C)[Si](O[C@H]1C=C(Br)CC1)(c1ccccc1)c1ccccc1. The molecule has 0 N–H and O–H groups in total. The highest BCUT2D eigenvalue weighted by atomic mass is 79.9. The lowest BCUT2D eigenvalue weighted by molar-refractivity contribution is 0.232. The number of hydrogen-bond acceptors (Lipinski definition) is 1. The second-order valence-electron chi connectivity index (χ2n) is 7.47. The Morgan fingerprint density at radius 3 is 1.79 bits per heavy atom. The number of allylic oxidation sites excluding steroid dienone is 1. The van der Waals surface area contributed by atoms with Crippen LogP contribution in [0.1, 0.15) is 33.6 Å². The van der Waals surface area contributed by atoms with Crippen LogP contribution in [-0.2, 0) is 4.43 Å². The molecule has 0 fully saturated rings. The lowest BCUT2D eigenvalue weighted by Crippen LogP contribution is -2.67. The van der Waals surface area contributed by atoms with Crippen LogP contribution in [0.25, 0.3) is 0 Å². The van der Waals surface area contributed by atoms with Gasteiger partial charge < -0.3 is 4.43 Å². The molecule has 3 heteroatoms. The fourth-order valence-corrected chi connectivity index (χ4v) is 8.84. The second kappa shape index (κ2) is 6.99. The van der Waals surface area contributed by atoms with Crippen molar-refractivity contribution in [1.82, 2.24) is 0 Å². The van der Waals surface area contributed by atoms with Crippen LogP contribution in [0.5, 0.6) is 0 Å². The molecule has 1 aliphatic carbocycles. The van der Waals surface area contributed by atoms with Crippen molar-refractivity contribution in [2.45, 2.75) is 44.8 Å². The monoisotopic (exact) mass is 400 g/mol. The molecule has 0 saturated heterocycles. The quantitative estimate of drug-likeness (QED) is 0.655. The van der Waals surface area contributed by atoms with Gasteiger partial charge in [-0.1, -0.05) is 97.4 Å². The highest BCUT2D eigenvalue weighted by Gasteiger charge is 2.51. The first kappa shape index (κ1) is 17.7. The molecule has 24 heavy (non-hydrogen) atoms. The Morgan fingerprint density at radius 1 is 0.917 bits per heavy atom. The van der Waals surface area contributed by atoms with Crippen LogP contribution in [0.2, 0.25) is 5.04 Å². The summed E-state index contributed by atoms with van der Waals surface area (Å²) in [7, 11) is -2.41. The molecule has 0 spiro atoms. The maximum absolute atomic E-state index is 7.04. The van der Waals surface area contributed by atoms with E-state index in [1.807, 2.05) is 0 Å². The summed E-state index contributed by atoms with van der Waals surface area (Å²) in [6.07, 6.45) is 4.57. The second-order valence-corrected chi connectivity index (χ2v) is 12.7. The molecule has 1 nitrogen and oxygen atoms in total. The number of hydrogen-bond donors (Lipinski definition) is 0. The fourth-order valence-electron chi connectivity index (χ4n) is 3.66. The van der Waals surface area contributed by atoms with E-state index in [1.165, 1.54) is 14.9 Å². The van der Waals surface area contributed by atoms with Gasteiger partial charge in [-0.2, -0.15) is 0 Å². The number of rotatable bonds is 4. The lowest BCUT2D eigenvalue weighted by Gasteiger charge is -2.44. The average Bonchev–Trinajstić information content (AvgIpc) is 2.98. The molecule has 0 amide bonds. The third kappa shape index (κ3) is 3.30. The van der Waals surface area contributed by atoms with Gasteiger partial charge in [0.15, 0.2) is 0 Å². The maximum atomic E-state index is 7.04. The summed E-state index contributed by atoms with van der Waals surface area (Å²) in [5, 5.41) is 2.73. The third-order valence-corrected chi connectivity index (χ3v) is 10.5. The first-order valence-electron chi connectivity index (χ1n) is 8.58. The largest absolute Gasteiger partial charge is 0.401 e. The Hall–Kier alpha value is -1.16. The zero-order valence-electron chi connectivity index (χ0n) is 14.6. The first-order valence-corrected chi connectivity index (χ1v) is 11.3. The molecule has 0 heterocycles. The van der Waals surface area contributed by atoms with E-state index in [0.29, 0.717) is 0 Å². The van der Waals surface area contributed by atoms with E-state index in [1.54, 1.807) is 0 Å². The van der Waals surface area contributed by atoms with E-state index in [-0.39, 0.29) is 11.1 Å². The van der Waals surface area contributed by atoms with Crippen LogP contribution in [0, 0.1) is 0 Å². The fraction of sp³-hybridized carbons (Fsp3) is 0.333. The summed E-state index contributed by atoms with van der Waals surface area (Å²) in [5.41, 5.74) is 0. The molecule has 1 atom stereocenters. The predicted octanol–water partition coefficient (Wildman–Crippen LogP) is 5.00. The molecule has 0 radical (unpaired) electrons. The molecular weight excluding hydrogens is 376 g/mol. The summed E-state index contributed by atoms with van der Waals surface area (Å²) in [6, 6.07) is 21.7. The average molecular weight is 401 g/mol. The molecule has 2 aromatic rings. The molecule has 1 aliphatic rings. The van der Waals surface area contributed by atoms with Gasteiger partial charge in [0.2, 0.25) is 0 Å². The molecule has 0 aromatic heterocycles. The molecule has 2 aromatic carbocycles. The van der Waals surface area contributed by atoms with Gasteiger partial charge in [0.05, 0.1) is 6.10 Å². The van der Waals surface area contributed by atoms with Gasteiger partial charge in [-0.15, -0.1) is 0 Å². The summed E-state index contributed by atoms with van der Waals surface area (Å²) in [4.78, 5) is 0. The zero-order valence-corrected chi connectivity index (χ0v) is 17.2. The standard InChI is InChI=1S/C21H25BrOSi/c1-21(2,3)24(19-10-6-4-7-11-19,20-12-8-5-9-13-20)23-18-15-14-17(22)16-18/h4-13,16,18H,14-15H2,1-3H3/t18-/m1/s1. The Morgan fingerprint density at radius 2 is 1.42 bits per heavy atom. The number of benzene rings is 2. The third-order valence-electron chi connectivity index (χ3n) is 4.78. The van der Waals surface area contributed by atoms with Crippen LogP contribution in [0.3, 0.4) is 0 Å². The van der Waals surface area contributed by atoms with E-state index >= 15 is 0 Å². The molecule has 3 rings (SSSR count). The minimum absolute atomic E-state index is 0.0403. The summed E-state index contributed by atoms with van der Waals surface area (Å²) < 4.78 is 8.31. The zero-order chi connectivity index (χ0) is 17.2. The van der Waals surface area contributed by atoms with E-state index in [9.17, 15) is 0 Å². The van der Waals surface area contributed by atoms with Crippen LogP contribution < -0.4 is 10.4 Å². The highest BCUT2D eigenvalue weighted by Crippen LogP contribution is 2.39. The Kier molecular flexibility index (Phi) is 5.14. The molecule has 0 saturated carbocycles. The van der Waals surface area contributed by atoms with Crippen molar-refractivity contribution in [2.24, 2.45) is 0 Å². The molecule has 0 unspecified atom stereocenters. The smallest absolute Gasteiger partial charge is 0.261 e. The van der Waals surface area contributed by atoms with Crippen LogP contribution in [0.15, 0.2) is 71.2 Å². The van der Waals surface area contributed by atoms with Crippen molar-refractivity contribution in [3.05, 3.63) is 71.2 Å². The van der Waals surface area contributed by atoms with Crippen molar-refractivity contribution in [1.29, 1.82) is 0 Å². The Labute approximate surface area is 155 Å². The summed E-state index contributed by atoms with van der Waals surface area (Å²) >= 11 is 3.65. The van der Waals surface area contributed by atoms with Gasteiger partial charge in [-0.25, -0.2) is 0 Å². The van der Waals surface area contributed by atoms with E-state index < -0.39 is 8.32 Å². The lowest BCUT2D eigenvalue weighted by atomic mass is 10.2. The molecule has 0 bridgehead atoms. The number of halogens is 1. The molecule has 0 aliphatic heterocycles. The topological polar surface area (TPSA) is 9.23 Å². The predicted molar refractivity (Wildman–Crippen MR) is 109 cm³/mol. The van der Waals surface area contributed by atoms with E-state index in [4.69, 9.17) is 4.43 Å². The summed E-state index contributed by atoms with van der Waals surface area (Å²) in [6.45, 7) is 6.98. The Balaban J connectivity index is 2.17. The van der Waals surface area contributed by atoms with Gasteiger partial charge in [-0.3, -0.25) is 0 Å². The van der Waals surface area contributed by atoms with Crippen LogP contribution in [-0.4, -0.2) is 14.4 Å². The molecule has 126 valence electrons.